The van der Waals surface area contributed by atoms with Crippen LogP contribution in [0.4, 0.5) is 0 Å². The van der Waals surface area contributed by atoms with E-state index < -0.39 is 0 Å². The van der Waals surface area contributed by atoms with Gasteiger partial charge in [0.1, 0.15) is 5.54 Å². The van der Waals surface area contributed by atoms with Crippen molar-refractivity contribution in [3.05, 3.63) is 35.9 Å². The van der Waals surface area contributed by atoms with E-state index >= 15 is 0 Å². The molecule has 1 aliphatic rings. The minimum Gasteiger partial charge on any atom is -0.378 e. The summed E-state index contributed by atoms with van der Waals surface area (Å²) in [5, 5.41) is 12.3. The fourth-order valence-electron chi connectivity index (χ4n) is 2.70. The van der Waals surface area contributed by atoms with E-state index in [1.54, 1.807) is 0 Å². The van der Waals surface area contributed by atoms with Crippen molar-refractivity contribution in [2.45, 2.75) is 43.7 Å². The van der Waals surface area contributed by atoms with E-state index in [2.05, 4.69) is 35.7 Å². The van der Waals surface area contributed by atoms with Gasteiger partial charge in [0.25, 0.3) is 0 Å². The molecule has 3 nitrogen and oxygen atoms in total. The summed E-state index contributed by atoms with van der Waals surface area (Å²) in [7, 11) is 1.86. The van der Waals surface area contributed by atoms with Gasteiger partial charge in [-0.15, -0.1) is 0 Å². The third kappa shape index (κ3) is 3.79. The highest BCUT2D eigenvalue weighted by molar-refractivity contribution is 5.14. The van der Waals surface area contributed by atoms with Gasteiger partial charge in [-0.2, -0.15) is 5.26 Å². The molecule has 2 atom stereocenters. The smallest absolute Gasteiger partial charge is 0.109 e. The van der Waals surface area contributed by atoms with Gasteiger partial charge in [-0.3, -0.25) is 0 Å². The van der Waals surface area contributed by atoms with Crippen LogP contribution in [0.3, 0.4) is 0 Å². The Hall–Kier alpha value is -1.37. The van der Waals surface area contributed by atoms with Gasteiger partial charge >= 0.3 is 0 Å². The number of nitrogens with one attached hydrogen (secondary N) is 1. The highest BCUT2D eigenvalue weighted by Gasteiger charge is 2.38. The molecule has 1 aliphatic carbocycles. The van der Waals surface area contributed by atoms with E-state index in [9.17, 15) is 5.26 Å². The maximum Gasteiger partial charge on any atom is 0.109 e. The second kappa shape index (κ2) is 6.70. The summed E-state index contributed by atoms with van der Waals surface area (Å²) in [5.41, 5.74) is 1.00. The largest absolute Gasteiger partial charge is 0.378 e. The summed E-state index contributed by atoms with van der Waals surface area (Å²) in [6.45, 7) is 0.783. The molecule has 1 aromatic rings. The van der Waals surface area contributed by atoms with Crippen molar-refractivity contribution in [2.75, 3.05) is 13.7 Å². The van der Waals surface area contributed by atoms with Crippen LogP contribution >= 0.6 is 0 Å². The lowest BCUT2D eigenvalue weighted by atomic mass is 10.0. The summed E-state index contributed by atoms with van der Waals surface area (Å²) < 4.78 is 5.89. The molecule has 0 radical (unpaired) electrons. The Kier molecular flexibility index (Phi) is 4.95. The molecule has 3 heteroatoms. The Morgan fingerprint density at radius 2 is 2.21 bits per heavy atom. The molecule has 0 heterocycles. The summed E-state index contributed by atoms with van der Waals surface area (Å²) in [4.78, 5) is 0. The Balaban J connectivity index is 1.66. The van der Waals surface area contributed by atoms with Crippen molar-refractivity contribution in [3.63, 3.8) is 0 Å². The minimum atomic E-state index is -0.357. The van der Waals surface area contributed by atoms with E-state index in [0.29, 0.717) is 0 Å². The van der Waals surface area contributed by atoms with Crippen LogP contribution in [0, 0.1) is 11.3 Å². The molecule has 0 aromatic heterocycles. The lowest BCUT2D eigenvalue weighted by Gasteiger charge is -2.19. The van der Waals surface area contributed by atoms with Crippen LogP contribution in [0.15, 0.2) is 30.3 Å². The van der Waals surface area contributed by atoms with Crippen molar-refractivity contribution < 1.29 is 4.74 Å². The SMILES string of the molecule is CNC1(C#N)CCC(OCCCc2ccccc2)C1. The molecule has 0 amide bonds. The van der Waals surface area contributed by atoms with Crippen LogP contribution in [0.2, 0.25) is 0 Å². The Morgan fingerprint density at radius 1 is 1.42 bits per heavy atom. The highest BCUT2D eigenvalue weighted by Crippen LogP contribution is 2.31. The van der Waals surface area contributed by atoms with Crippen LogP contribution < -0.4 is 5.32 Å². The minimum absolute atomic E-state index is 0.239. The molecule has 0 bridgehead atoms. The third-order valence-electron chi connectivity index (χ3n) is 3.97. The van der Waals surface area contributed by atoms with E-state index in [-0.39, 0.29) is 11.6 Å². The molecule has 0 saturated heterocycles. The second-order valence-corrected chi connectivity index (χ2v) is 5.27. The predicted molar refractivity (Wildman–Crippen MR) is 75.8 cm³/mol. The second-order valence-electron chi connectivity index (χ2n) is 5.27. The van der Waals surface area contributed by atoms with Crippen molar-refractivity contribution in [1.29, 1.82) is 5.26 Å². The number of nitriles is 1. The lowest BCUT2D eigenvalue weighted by molar-refractivity contribution is 0.0535. The Morgan fingerprint density at radius 3 is 2.84 bits per heavy atom. The molecule has 2 rings (SSSR count). The van der Waals surface area contributed by atoms with Crippen LogP contribution in [-0.4, -0.2) is 25.3 Å². The standard InChI is InChI=1S/C16H22N2O/c1-18-16(13-17)10-9-15(12-16)19-11-5-8-14-6-3-2-4-7-14/h2-4,6-7,15,18H,5,8-12H2,1H3. The molecule has 19 heavy (non-hydrogen) atoms. The van der Waals surface area contributed by atoms with Crippen LogP contribution in [0.5, 0.6) is 0 Å². The van der Waals surface area contributed by atoms with Crippen LogP contribution in [0.25, 0.3) is 0 Å². The normalized spacial score (nSPS) is 26.2. The van der Waals surface area contributed by atoms with E-state index in [4.69, 9.17) is 4.74 Å². The van der Waals surface area contributed by atoms with Gasteiger partial charge in [0.2, 0.25) is 0 Å². The molecule has 1 aromatic carbocycles. The number of hydrogen-bond donors (Lipinski definition) is 1. The van der Waals surface area contributed by atoms with Crippen molar-refractivity contribution in [3.8, 4) is 6.07 Å². The molecule has 1 saturated carbocycles. The molecule has 1 fully saturated rings. The topological polar surface area (TPSA) is 45.0 Å². The third-order valence-corrected chi connectivity index (χ3v) is 3.97. The zero-order valence-corrected chi connectivity index (χ0v) is 11.6. The zero-order valence-electron chi connectivity index (χ0n) is 11.6. The number of nitrogens with zero attached hydrogens (tertiary/aromatic N) is 1. The molecule has 102 valence electrons. The van der Waals surface area contributed by atoms with E-state index in [0.717, 1.165) is 38.7 Å². The molecular weight excluding hydrogens is 236 g/mol. The van der Waals surface area contributed by atoms with Crippen LogP contribution in [-0.2, 0) is 11.2 Å². The van der Waals surface area contributed by atoms with Crippen molar-refractivity contribution in [1.82, 2.24) is 5.32 Å². The van der Waals surface area contributed by atoms with Gasteiger partial charge < -0.3 is 10.1 Å². The van der Waals surface area contributed by atoms with Gasteiger partial charge in [0, 0.05) is 13.0 Å². The molecule has 2 unspecified atom stereocenters. The first-order valence-electron chi connectivity index (χ1n) is 7.04. The summed E-state index contributed by atoms with van der Waals surface area (Å²) in [5.74, 6) is 0. The Labute approximate surface area is 115 Å². The van der Waals surface area contributed by atoms with Gasteiger partial charge in [0.05, 0.1) is 12.2 Å². The fraction of sp³-hybridized carbons (Fsp3) is 0.562. The molecular formula is C16H22N2O. The maximum absolute atomic E-state index is 9.19. The first-order chi connectivity index (χ1) is 9.28. The monoisotopic (exact) mass is 258 g/mol. The van der Waals surface area contributed by atoms with Gasteiger partial charge in [0.15, 0.2) is 0 Å². The summed E-state index contributed by atoms with van der Waals surface area (Å²) >= 11 is 0. The van der Waals surface area contributed by atoms with Crippen LogP contribution in [0.1, 0.15) is 31.2 Å². The first kappa shape index (κ1) is 14.0. The summed E-state index contributed by atoms with van der Waals surface area (Å²) in [6.07, 6.45) is 5.03. The van der Waals surface area contributed by atoms with Gasteiger partial charge in [-0.05, 0) is 38.3 Å². The Bertz CT molecular complexity index is 426. The van der Waals surface area contributed by atoms with E-state index in [1.165, 1.54) is 5.56 Å². The quantitative estimate of drug-likeness (QED) is 0.798. The number of ether oxygens (including phenoxy) is 1. The fourth-order valence-corrected chi connectivity index (χ4v) is 2.70. The number of hydrogen-bond acceptors (Lipinski definition) is 3. The lowest BCUT2D eigenvalue weighted by Crippen LogP contribution is -2.39. The molecule has 1 N–H and O–H groups in total. The number of rotatable bonds is 6. The molecule has 0 spiro atoms. The zero-order chi connectivity index (χ0) is 13.6. The molecule has 0 aliphatic heterocycles. The van der Waals surface area contributed by atoms with E-state index in [1.807, 2.05) is 13.1 Å². The van der Waals surface area contributed by atoms with Gasteiger partial charge in [-0.1, -0.05) is 30.3 Å². The number of aryl methyl sites for hydroxylation is 1. The van der Waals surface area contributed by atoms with Crippen molar-refractivity contribution in [2.24, 2.45) is 0 Å². The predicted octanol–water partition coefficient (Wildman–Crippen LogP) is 2.67. The van der Waals surface area contributed by atoms with Gasteiger partial charge in [-0.25, -0.2) is 0 Å². The highest BCUT2D eigenvalue weighted by atomic mass is 16.5. The van der Waals surface area contributed by atoms with Crippen molar-refractivity contribution >= 4 is 0 Å². The average molecular weight is 258 g/mol. The first-order valence-corrected chi connectivity index (χ1v) is 7.04. The maximum atomic E-state index is 9.19. The summed E-state index contributed by atoms with van der Waals surface area (Å²) in [6, 6.07) is 12.9. The average Bonchev–Trinajstić information content (AvgIpc) is 2.89. The number of benzene rings is 1.